The first kappa shape index (κ1) is 14.0. The summed E-state index contributed by atoms with van der Waals surface area (Å²) in [5.74, 6) is -0.535. The molecule has 6 heteroatoms. The fourth-order valence-electron chi connectivity index (χ4n) is 1.65. The van der Waals surface area contributed by atoms with Crippen LogP contribution in [0.5, 0.6) is 11.5 Å². The summed E-state index contributed by atoms with van der Waals surface area (Å²) in [6, 6.07) is 9.54. The summed E-state index contributed by atoms with van der Waals surface area (Å²) in [5, 5.41) is 20.0. The second-order valence-electron chi connectivity index (χ2n) is 4.22. The number of aliphatic hydroxyl groups excluding tert-OH is 1. The summed E-state index contributed by atoms with van der Waals surface area (Å²) in [4.78, 5) is 10.1. The van der Waals surface area contributed by atoms with Crippen LogP contribution in [0.2, 0.25) is 0 Å². The van der Waals surface area contributed by atoms with Crippen LogP contribution in [0.1, 0.15) is 18.6 Å². The highest BCUT2D eigenvalue weighted by Crippen LogP contribution is 2.28. The van der Waals surface area contributed by atoms with Crippen LogP contribution in [0.3, 0.4) is 0 Å². The highest BCUT2D eigenvalue weighted by molar-refractivity contribution is 5.41. The zero-order valence-electron chi connectivity index (χ0n) is 10.6. The molecule has 20 heavy (non-hydrogen) atoms. The predicted octanol–water partition coefficient (Wildman–Crippen LogP) is 3.58. The monoisotopic (exact) mass is 277 g/mol. The van der Waals surface area contributed by atoms with Gasteiger partial charge in [-0.05, 0) is 30.7 Å². The van der Waals surface area contributed by atoms with Gasteiger partial charge >= 0.3 is 0 Å². The van der Waals surface area contributed by atoms with Crippen LogP contribution in [-0.4, -0.2) is 10.0 Å². The minimum atomic E-state index is -0.781. The zero-order valence-corrected chi connectivity index (χ0v) is 10.6. The Bertz CT molecular complexity index is 643. The Kier molecular flexibility index (Phi) is 3.95. The van der Waals surface area contributed by atoms with Gasteiger partial charge in [0.05, 0.1) is 17.1 Å². The van der Waals surface area contributed by atoms with Crippen molar-refractivity contribution in [1.82, 2.24) is 0 Å². The summed E-state index contributed by atoms with van der Waals surface area (Å²) in [6.45, 7) is 1.52. The number of halogens is 1. The largest absolute Gasteiger partial charge is 0.454 e. The third-order valence-corrected chi connectivity index (χ3v) is 2.69. The Morgan fingerprint density at radius 3 is 2.65 bits per heavy atom. The molecule has 0 aliphatic rings. The molecular weight excluding hydrogens is 265 g/mol. The molecule has 1 N–H and O–H groups in total. The van der Waals surface area contributed by atoms with E-state index < -0.39 is 16.8 Å². The zero-order chi connectivity index (χ0) is 14.7. The number of non-ortho nitro benzene ring substituents is 1. The number of hydrogen-bond donors (Lipinski definition) is 1. The highest BCUT2D eigenvalue weighted by atomic mass is 19.1. The lowest BCUT2D eigenvalue weighted by Gasteiger charge is -2.09. The number of nitrogens with zero attached hydrogens (tertiary/aromatic N) is 1. The Balaban J connectivity index is 2.26. The summed E-state index contributed by atoms with van der Waals surface area (Å²) >= 11 is 0. The molecule has 0 spiro atoms. The number of ether oxygens (including phenoxy) is 1. The van der Waals surface area contributed by atoms with Crippen LogP contribution in [0.25, 0.3) is 0 Å². The van der Waals surface area contributed by atoms with E-state index in [1.54, 1.807) is 0 Å². The molecule has 2 aromatic carbocycles. The van der Waals surface area contributed by atoms with Gasteiger partial charge < -0.3 is 9.84 Å². The molecule has 104 valence electrons. The van der Waals surface area contributed by atoms with Gasteiger partial charge in [-0.1, -0.05) is 12.1 Å². The molecule has 0 unspecified atom stereocenters. The molecule has 0 radical (unpaired) electrons. The molecular formula is C14H12FNO4. The van der Waals surface area contributed by atoms with Gasteiger partial charge in [0, 0.05) is 6.07 Å². The molecule has 1 atom stereocenters. The van der Waals surface area contributed by atoms with E-state index in [-0.39, 0.29) is 17.2 Å². The molecule has 0 amide bonds. The Hall–Kier alpha value is -2.47. The van der Waals surface area contributed by atoms with Crippen molar-refractivity contribution in [3.8, 4) is 11.5 Å². The summed E-state index contributed by atoms with van der Waals surface area (Å²) in [7, 11) is 0. The van der Waals surface area contributed by atoms with E-state index in [9.17, 15) is 19.6 Å². The molecule has 0 fully saturated rings. The number of aliphatic hydroxyl groups is 1. The summed E-state index contributed by atoms with van der Waals surface area (Å²) in [5.41, 5.74) is 0.289. The fraction of sp³-hybridized carbons (Fsp3) is 0.143. The van der Waals surface area contributed by atoms with Crippen molar-refractivity contribution in [3.63, 3.8) is 0 Å². The van der Waals surface area contributed by atoms with Crippen LogP contribution in [-0.2, 0) is 0 Å². The lowest BCUT2D eigenvalue weighted by Crippen LogP contribution is -1.95. The van der Waals surface area contributed by atoms with Crippen molar-refractivity contribution in [1.29, 1.82) is 0 Å². The maximum atomic E-state index is 13.8. The molecule has 0 heterocycles. The van der Waals surface area contributed by atoms with Crippen LogP contribution < -0.4 is 4.74 Å². The minimum Gasteiger partial charge on any atom is -0.454 e. The Morgan fingerprint density at radius 1 is 1.30 bits per heavy atom. The number of nitro benzene ring substituents is 1. The van der Waals surface area contributed by atoms with E-state index in [1.165, 1.54) is 43.3 Å². The minimum absolute atomic E-state index is 0.0603. The molecule has 0 aromatic heterocycles. The number of hydrogen-bond acceptors (Lipinski definition) is 4. The highest BCUT2D eigenvalue weighted by Gasteiger charge is 2.11. The standard InChI is InChI=1S/C14H12FNO4/c1-9(17)10-5-6-14(13(15)7-10)20-12-4-2-3-11(8-12)16(18)19/h2-9,17H,1H3/t9-/m1/s1. The van der Waals surface area contributed by atoms with Crippen molar-refractivity contribution < 1.29 is 19.2 Å². The van der Waals surface area contributed by atoms with E-state index in [0.717, 1.165) is 6.07 Å². The molecule has 0 aliphatic heterocycles. The topological polar surface area (TPSA) is 72.6 Å². The maximum Gasteiger partial charge on any atom is 0.273 e. The fourth-order valence-corrected chi connectivity index (χ4v) is 1.65. The van der Waals surface area contributed by atoms with E-state index in [0.29, 0.717) is 5.56 Å². The number of benzene rings is 2. The van der Waals surface area contributed by atoms with Gasteiger partial charge in [-0.15, -0.1) is 0 Å². The molecule has 5 nitrogen and oxygen atoms in total. The van der Waals surface area contributed by atoms with Crippen molar-refractivity contribution in [2.24, 2.45) is 0 Å². The number of nitro groups is 1. The Morgan fingerprint density at radius 2 is 2.05 bits per heavy atom. The van der Waals surface area contributed by atoms with E-state index in [4.69, 9.17) is 4.74 Å². The molecule has 0 aliphatic carbocycles. The van der Waals surface area contributed by atoms with Gasteiger partial charge in [0.2, 0.25) is 0 Å². The van der Waals surface area contributed by atoms with E-state index >= 15 is 0 Å². The first-order valence-corrected chi connectivity index (χ1v) is 5.87. The third-order valence-electron chi connectivity index (χ3n) is 2.69. The van der Waals surface area contributed by atoms with Gasteiger partial charge in [-0.2, -0.15) is 0 Å². The van der Waals surface area contributed by atoms with Gasteiger partial charge in [-0.25, -0.2) is 4.39 Å². The average molecular weight is 277 g/mol. The van der Waals surface area contributed by atoms with Crippen molar-refractivity contribution in [3.05, 3.63) is 64.0 Å². The summed E-state index contributed by atoms with van der Waals surface area (Å²) in [6.07, 6.45) is -0.781. The third kappa shape index (κ3) is 3.10. The van der Waals surface area contributed by atoms with Crippen molar-refractivity contribution >= 4 is 5.69 Å². The molecule has 2 aromatic rings. The van der Waals surface area contributed by atoms with Gasteiger partial charge in [0.25, 0.3) is 5.69 Å². The normalized spacial score (nSPS) is 11.9. The van der Waals surface area contributed by atoms with E-state index in [2.05, 4.69) is 0 Å². The second-order valence-corrected chi connectivity index (χ2v) is 4.22. The van der Waals surface area contributed by atoms with Crippen molar-refractivity contribution in [2.75, 3.05) is 0 Å². The van der Waals surface area contributed by atoms with Crippen LogP contribution >= 0.6 is 0 Å². The van der Waals surface area contributed by atoms with E-state index in [1.807, 2.05) is 0 Å². The Labute approximate surface area is 114 Å². The predicted molar refractivity (Wildman–Crippen MR) is 70.2 cm³/mol. The number of rotatable bonds is 4. The van der Waals surface area contributed by atoms with Gasteiger partial charge in [0.1, 0.15) is 5.75 Å². The molecule has 0 bridgehead atoms. The quantitative estimate of drug-likeness (QED) is 0.684. The maximum absolute atomic E-state index is 13.8. The second kappa shape index (κ2) is 5.66. The average Bonchev–Trinajstić information content (AvgIpc) is 2.41. The van der Waals surface area contributed by atoms with Crippen molar-refractivity contribution in [2.45, 2.75) is 13.0 Å². The lowest BCUT2D eigenvalue weighted by molar-refractivity contribution is -0.384. The molecule has 2 rings (SSSR count). The first-order valence-electron chi connectivity index (χ1n) is 5.87. The molecule has 0 saturated carbocycles. The smallest absolute Gasteiger partial charge is 0.273 e. The van der Waals surface area contributed by atoms with Crippen LogP contribution in [0.15, 0.2) is 42.5 Å². The molecule has 0 saturated heterocycles. The summed E-state index contributed by atoms with van der Waals surface area (Å²) < 4.78 is 19.1. The van der Waals surface area contributed by atoms with Gasteiger partial charge in [0.15, 0.2) is 11.6 Å². The van der Waals surface area contributed by atoms with Gasteiger partial charge in [-0.3, -0.25) is 10.1 Å². The van der Waals surface area contributed by atoms with Crippen LogP contribution in [0, 0.1) is 15.9 Å². The lowest BCUT2D eigenvalue weighted by atomic mass is 10.1. The first-order chi connectivity index (χ1) is 9.47. The van der Waals surface area contributed by atoms with Crippen LogP contribution in [0.4, 0.5) is 10.1 Å². The SMILES string of the molecule is C[C@@H](O)c1ccc(Oc2cccc([N+](=O)[O-])c2)c(F)c1.